The smallest absolute Gasteiger partial charge is 0.343 e. The van der Waals surface area contributed by atoms with Gasteiger partial charge >= 0.3 is 5.69 Å². The molecule has 0 amide bonds. The number of thioether (sulfide) groups is 1. The molecular weight excluding hydrogens is 382 g/mol. The number of Topliss-reactive ketones (excluding diaryl/α,β-unsaturated/α-hetero) is 1. The molecule has 0 radical (unpaired) electrons. The third-order valence-electron chi connectivity index (χ3n) is 3.23. The summed E-state index contributed by atoms with van der Waals surface area (Å²) in [5.41, 5.74) is 0.365. The van der Waals surface area contributed by atoms with Gasteiger partial charge in [0, 0.05) is 30.3 Å². The molecule has 1 heterocycles. The first-order valence-electron chi connectivity index (χ1n) is 7.13. The summed E-state index contributed by atoms with van der Waals surface area (Å²) in [5, 5.41) is 6.62. The van der Waals surface area contributed by atoms with E-state index in [2.05, 4.69) is 26.1 Å². The number of aromatic amines is 1. The monoisotopic (exact) mass is 399 g/mol. The maximum absolute atomic E-state index is 12.5. The molecule has 6 nitrogen and oxygen atoms in total. The second kappa shape index (κ2) is 8.47. The molecular formula is C15H18BrN3O3S. The minimum absolute atomic E-state index is 0.00129. The lowest BCUT2D eigenvalue weighted by Crippen LogP contribution is -2.20. The number of methoxy groups -OCH3 is 1. The molecule has 8 heteroatoms. The highest BCUT2D eigenvalue weighted by atomic mass is 79.9. The van der Waals surface area contributed by atoms with Gasteiger partial charge in [-0.25, -0.2) is 9.89 Å². The number of H-pyrrole nitrogens is 1. The molecule has 0 aliphatic carbocycles. The normalized spacial score (nSPS) is 12.3. The molecule has 0 saturated carbocycles. The van der Waals surface area contributed by atoms with Gasteiger partial charge in [0.15, 0.2) is 10.9 Å². The molecule has 124 valence electrons. The third kappa shape index (κ3) is 4.79. The van der Waals surface area contributed by atoms with Crippen LogP contribution < -0.4 is 5.69 Å². The number of carbonyl (C=O) groups is 1. The van der Waals surface area contributed by atoms with Gasteiger partial charge in [0.2, 0.25) is 0 Å². The van der Waals surface area contributed by atoms with Crippen LogP contribution in [0, 0.1) is 0 Å². The zero-order valence-electron chi connectivity index (χ0n) is 12.9. The van der Waals surface area contributed by atoms with Crippen LogP contribution >= 0.6 is 27.7 Å². The molecule has 1 aromatic heterocycles. The van der Waals surface area contributed by atoms with E-state index in [1.54, 1.807) is 19.2 Å². The van der Waals surface area contributed by atoms with Crippen molar-refractivity contribution >= 4 is 33.5 Å². The number of benzene rings is 1. The number of carbonyl (C=O) groups excluding carboxylic acids is 1. The minimum Gasteiger partial charge on any atom is -0.385 e. The van der Waals surface area contributed by atoms with E-state index in [0.717, 1.165) is 4.47 Å². The molecule has 0 spiro atoms. The molecule has 1 atom stereocenters. The van der Waals surface area contributed by atoms with E-state index >= 15 is 0 Å². The predicted octanol–water partition coefficient (Wildman–Crippen LogP) is 2.73. The second-order valence-electron chi connectivity index (χ2n) is 4.94. The van der Waals surface area contributed by atoms with Crippen molar-refractivity contribution in [3.8, 4) is 0 Å². The first kappa shape index (κ1) is 18.0. The average molecular weight is 400 g/mol. The number of hydrogen-bond acceptors (Lipinski definition) is 5. The first-order chi connectivity index (χ1) is 11.0. The summed E-state index contributed by atoms with van der Waals surface area (Å²) in [6.45, 7) is 2.88. The highest BCUT2D eigenvalue weighted by Gasteiger charge is 2.20. The topological polar surface area (TPSA) is 77.0 Å². The van der Waals surface area contributed by atoms with Crippen LogP contribution in [0.25, 0.3) is 0 Å². The van der Waals surface area contributed by atoms with Crippen LogP contribution in [0.15, 0.2) is 38.7 Å². The summed E-state index contributed by atoms with van der Waals surface area (Å²) in [5.74, 6) is 0.00129. The standard InChI is InChI=1S/C15H18BrN3O3S/c1-10(13(20)11-4-6-12(16)7-5-11)23-15-18-17-14(21)19(15)8-3-9-22-2/h4-7,10H,3,8-9H2,1-2H3,(H,17,21)/t10-/m0/s1. The second-order valence-corrected chi connectivity index (χ2v) is 7.16. The fourth-order valence-corrected chi connectivity index (χ4v) is 3.24. The highest BCUT2D eigenvalue weighted by molar-refractivity contribution is 9.10. The molecule has 0 aliphatic rings. The van der Waals surface area contributed by atoms with Crippen LogP contribution in [0.5, 0.6) is 0 Å². The Kier molecular flexibility index (Phi) is 6.61. The Morgan fingerprint density at radius 3 is 2.78 bits per heavy atom. The van der Waals surface area contributed by atoms with Gasteiger partial charge in [-0.2, -0.15) is 0 Å². The van der Waals surface area contributed by atoms with Gasteiger partial charge in [-0.05, 0) is 25.5 Å². The molecule has 0 fully saturated rings. The van der Waals surface area contributed by atoms with Crippen LogP contribution in [0.3, 0.4) is 0 Å². The Morgan fingerprint density at radius 2 is 2.13 bits per heavy atom. The van der Waals surface area contributed by atoms with E-state index < -0.39 is 0 Å². The van der Waals surface area contributed by atoms with Crippen molar-refractivity contribution in [3.05, 3.63) is 44.8 Å². The largest absolute Gasteiger partial charge is 0.385 e. The van der Waals surface area contributed by atoms with Crippen molar-refractivity contribution in [2.24, 2.45) is 0 Å². The Bertz CT molecular complexity index is 712. The molecule has 0 aliphatic heterocycles. The Morgan fingerprint density at radius 1 is 1.43 bits per heavy atom. The summed E-state index contributed by atoms with van der Waals surface area (Å²) in [4.78, 5) is 24.3. The molecule has 1 aromatic carbocycles. The third-order valence-corrected chi connectivity index (χ3v) is 4.85. The number of nitrogens with one attached hydrogen (secondary N) is 1. The van der Waals surface area contributed by atoms with E-state index in [1.807, 2.05) is 19.1 Å². The van der Waals surface area contributed by atoms with Crippen molar-refractivity contribution in [1.29, 1.82) is 0 Å². The van der Waals surface area contributed by atoms with Gasteiger partial charge in [0.1, 0.15) is 0 Å². The number of ether oxygens (including phenoxy) is 1. The average Bonchev–Trinajstić information content (AvgIpc) is 2.88. The Hall–Kier alpha value is -1.38. The first-order valence-corrected chi connectivity index (χ1v) is 8.80. The summed E-state index contributed by atoms with van der Waals surface area (Å²) in [6.07, 6.45) is 0.707. The van der Waals surface area contributed by atoms with E-state index in [-0.39, 0.29) is 16.7 Å². The summed E-state index contributed by atoms with van der Waals surface area (Å²) in [6, 6.07) is 7.22. The number of hydrogen-bond donors (Lipinski definition) is 1. The summed E-state index contributed by atoms with van der Waals surface area (Å²) >= 11 is 4.62. The molecule has 2 rings (SSSR count). The number of halogens is 1. The highest BCUT2D eigenvalue weighted by Crippen LogP contribution is 2.23. The fourth-order valence-electron chi connectivity index (χ4n) is 2.02. The van der Waals surface area contributed by atoms with Crippen molar-refractivity contribution in [2.75, 3.05) is 13.7 Å². The zero-order valence-corrected chi connectivity index (χ0v) is 15.3. The lowest BCUT2D eigenvalue weighted by Gasteiger charge is -2.11. The fraction of sp³-hybridized carbons (Fsp3) is 0.400. The summed E-state index contributed by atoms with van der Waals surface area (Å²) in [7, 11) is 1.62. The zero-order chi connectivity index (χ0) is 16.8. The SMILES string of the molecule is COCCCn1c(S[C@@H](C)C(=O)c2ccc(Br)cc2)n[nH]c1=O. The van der Waals surface area contributed by atoms with Crippen LogP contribution in [-0.4, -0.2) is 39.5 Å². The number of nitrogens with zero attached hydrogens (tertiary/aromatic N) is 2. The maximum Gasteiger partial charge on any atom is 0.343 e. The molecule has 0 saturated heterocycles. The van der Waals surface area contributed by atoms with Crippen molar-refractivity contribution in [1.82, 2.24) is 14.8 Å². The number of aromatic nitrogens is 3. The van der Waals surface area contributed by atoms with Crippen LogP contribution in [-0.2, 0) is 11.3 Å². The van der Waals surface area contributed by atoms with E-state index in [1.165, 1.54) is 16.3 Å². The van der Waals surface area contributed by atoms with Gasteiger partial charge in [0.05, 0.1) is 5.25 Å². The summed E-state index contributed by atoms with van der Waals surface area (Å²) < 4.78 is 7.46. The molecule has 0 bridgehead atoms. The Balaban J connectivity index is 2.07. The minimum atomic E-state index is -0.340. The molecule has 2 aromatic rings. The van der Waals surface area contributed by atoms with Crippen molar-refractivity contribution in [3.63, 3.8) is 0 Å². The van der Waals surface area contributed by atoms with Crippen LogP contribution in [0.2, 0.25) is 0 Å². The lowest BCUT2D eigenvalue weighted by atomic mass is 10.1. The van der Waals surface area contributed by atoms with E-state index in [4.69, 9.17) is 4.74 Å². The van der Waals surface area contributed by atoms with Gasteiger partial charge in [0.25, 0.3) is 0 Å². The molecule has 23 heavy (non-hydrogen) atoms. The predicted molar refractivity (Wildman–Crippen MR) is 93.1 cm³/mol. The Labute approximate surface area is 146 Å². The molecule has 1 N–H and O–H groups in total. The van der Waals surface area contributed by atoms with Crippen molar-refractivity contribution < 1.29 is 9.53 Å². The number of ketones is 1. The van der Waals surface area contributed by atoms with Gasteiger partial charge in [-0.1, -0.05) is 39.8 Å². The van der Waals surface area contributed by atoms with E-state index in [0.29, 0.717) is 30.3 Å². The quantitative estimate of drug-likeness (QED) is 0.419. The van der Waals surface area contributed by atoms with Gasteiger partial charge < -0.3 is 4.74 Å². The van der Waals surface area contributed by atoms with Crippen LogP contribution in [0.4, 0.5) is 0 Å². The van der Waals surface area contributed by atoms with Gasteiger partial charge in [-0.3, -0.25) is 9.36 Å². The van der Waals surface area contributed by atoms with Crippen LogP contribution in [0.1, 0.15) is 23.7 Å². The number of rotatable bonds is 8. The van der Waals surface area contributed by atoms with Crippen molar-refractivity contribution in [2.45, 2.75) is 30.3 Å². The lowest BCUT2D eigenvalue weighted by molar-refractivity contribution is 0.0994. The molecule has 0 unspecified atom stereocenters. The van der Waals surface area contributed by atoms with Gasteiger partial charge in [-0.15, -0.1) is 5.10 Å². The maximum atomic E-state index is 12.5. The van der Waals surface area contributed by atoms with E-state index in [9.17, 15) is 9.59 Å².